The van der Waals surface area contributed by atoms with E-state index in [1.807, 2.05) is 11.8 Å². The van der Waals surface area contributed by atoms with Crippen LogP contribution in [0, 0.1) is 15.9 Å². The van der Waals surface area contributed by atoms with E-state index < -0.39 is 10.7 Å². The lowest BCUT2D eigenvalue weighted by Crippen LogP contribution is -2.37. The van der Waals surface area contributed by atoms with Gasteiger partial charge in [0.05, 0.1) is 11.0 Å². The normalized spacial score (nSPS) is 16.6. The molecule has 0 N–H and O–H groups in total. The van der Waals surface area contributed by atoms with Crippen LogP contribution in [0.5, 0.6) is 0 Å². The Labute approximate surface area is 111 Å². The van der Waals surface area contributed by atoms with Gasteiger partial charge in [0.15, 0.2) is 0 Å². The van der Waals surface area contributed by atoms with Crippen LogP contribution < -0.4 is 4.90 Å². The number of rotatable bonds is 4. The molecule has 1 saturated heterocycles. The predicted octanol–water partition coefficient (Wildman–Crippen LogP) is 2.74. The summed E-state index contributed by atoms with van der Waals surface area (Å²) >= 11 is 0. The number of nitro benzene ring substituents is 1. The van der Waals surface area contributed by atoms with E-state index in [2.05, 4.69) is 0 Å². The van der Waals surface area contributed by atoms with E-state index in [0.29, 0.717) is 25.4 Å². The fourth-order valence-corrected chi connectivity index (χ4v) is 2.40. The number of anilines is 1. The maximum Gasteiger partial charge on any atom is 0.292 e. The Bertz CT molecular complexity index is 459. The van der Waals surface area contributed by atoms with Crippen LogP contribution in [0.25, 0.3) is 0 Å². The third-order valence-corrected chi connectivity index (χ3v) is 3.32. The molecule has 1 aliphatic heterocycles. The number of halogens is 1. The first-order valence-electron chi connectivity index (χ1n) is 6.42. The molecule has 0 saturated carbocycles. The fourth-order valence-electron chi connectivity index (χ4n) is 2.40. The third-order valence-electron chi connectivity index (χ3n) is 3.32. The van der Waals surface area contributed by atoms with Crippen LogP contribution in [-0.2, 0) is 4.74 Å². The van der Waals surface area contributed by atoms with Gasteiger partial charge in [-0.05, 0) is 25.8 Å². The summed E-state index contributed by atoms with van der Waals surface area (Å²) in [6, 6.07) is 3.58. The van der Waals surface area contributed by atoms with E-state index in [0.717, 1.165) is 18.9 Å². The molecule has 0 aromatic heterocycles. The van der Waals surface area contributed by atoms with Gasteiger partial charge >= 0.3 is 0 Å². The van der Waals surface area contributed by atoms with Crippen LogP contribution >= 0.6 is 0 Å². The van der Waals surface area contributed by atoms with E-state index >= 15 is 0 Å². The lowest BCUT2D eigenvalue weighted by Gasteiger charge is -2.33. The second kappa shape index (κ2) is 5.97. The molecule has 0 spiro atoms. The van der Waals surface area contributed by atoms with Crippen molar-refractivity contribution in [1.29, 1.82) is 0 Å². The highest BCUT2D eigenvalue weighted by molar-refractivity contribution is 5.63. The van der Waals surface area contributed by atoms with Crippen molar-refractivity contribution in [2.24, 2.45) is 0 Å². The van der Waals surface area contributed by atoms with Gasteiger partial charge in [0.25, 0.3) is 5.69 Å². The summed E-state index contributed by atoms with van der Waals surface area (Å²) < 4.78 is 18.8. The van der Waals surface area contributed by atoms with Crippen LogP contribution in [-0.4, -0.2) is 30.7 Å². The van der Waals surface area contributed by atoms with Crippen LogP contribution in [0.3, 0.4) is 0 Å². The van der Waals surface area contributed by atoms with Gasteiger partial charge in [-0.25, -0.2) is 4.39 Å². The van der Waals surface area contributed by atoms with E-state index in [9.17, 15) is 14.5 Å². The highest BCUT2D eigenvalue weighted by atomic mass is 19.1. The molecule has 0 aliphatic carbocycles. The van der Waals surface area contributed by atoms with Crippen LogP contribution in [0.1, 0.15) is 19.8 Å². The Morgan fingerprint density at radius 3 is 2.74 bits per heavy atom. The van der Waals surface area contributed by atoms with Crippen molar-refractivity contribution in [2.45, 2.75) is 25.9 Å². The number of nitrogens with zero attached hydrogens (tertiary/aromatic N) is 2. The van der Waals surface area contributed by atoms with Crippen molar-refractivity contribution in [1.82, 2.24) is 0 Å². The fraction of sp³-hybridized carbons (Fsp3) is 0.538. The molecule has 0 amide bonds. The number of piperidine rings is 1. The van der Waals surface area contributed by atoms with Gasteiger partial charge in [-0.2, -0.15) is 0 Å². The maximum absolute atomic E-state index is 13.3. The number of hydrogen-bond donors (Lipinski definition) is 0. The summed E-state index contributed by atoms with van der Waals surface area (Å²) in [5.74, 6) is -0.451. The molecule has 0 unspecified atom stereocenters. The Hall–Kier alpha value is -1.69. The largest absolute Gasteiger partial charge is 0.378 e. The van der Waals surface area contributed by atoms with Crippen molar-refractivity contribution in [3.05, 3.63) is 34.1 Å². The minimum atomic E-state index is -0.469. The van der Waals surface area contributed by atoms with E-state index in [1.54, 1.807) is 0 Å². The molecule has 0 bridgehead atoms. The second-order valence-corrected chi connectivity index (χ2v) is 4.53. The van der Waals surface area contributed by atoms with Crippen molar-refractivity contribution >= 4 is 11.4 Å². The van der Waals surface area contributed by atoms with Crippen molar-refractivity contribution in [3.8, 4) is 0 Å². The minimum absolute atomic E-state index is 0.0451. The smallest absolute Gasteiger partial charge is 0.292 e. The van der Waals surface area contributed by atoms with Gasteiger partial charge < -0.3 is 9.64 Å². The van der Waals surface area contributed by atoms with Gasteiger partial charge in [-0.15, -0.1) is 0 Å². The zero-order valence-corrected chi connectivity index (χ0v) is 10.8. The second-order valence-electron chi connectivity index (χ2n) is 4.53. The van der Waals surface area contributed by atoms with Crippen LogP contribution in [0.4, 0.5) is 15.8 Å². The summed E-state index contributed by atoms with van der Waals surface area (Å²) in [5, 5.41) is 11.0. The maximum atomic E-state index is 13.3. The first-order valence-corrected chi connectivity index (χ1v) is 6.42. The molecule has 0 atom stereocenters. The average molecular weight is 268 g/mol. The quantitative estimate of drug-likeness (QED) is 0.622. The summed E-state index contributed by atoms with van der Waals surface area (Å²) in [7, 11) is 0. The lowest BCUT2D eigenvalue weighted by atomic mass is 10.1. The summed E-state index contributed by atoms with van der Waals surface area (Å²) in [6.45, 7) is 3.92. The summed E-state index contributed by atoms with van der Waals surface area (Å²) in [5.41, 5.74) is 0.316. The zero-order valence-electron chi connectivity index (χ0n) is 10.8. The molecule has 1 aromatic rings. The average Bonchev–Trinajstić information content (AvgIpc) is 2.39. The standard InChI is InChI=1S/C13H17FN2O3/c1-2-19-11-5-7-15(8-6-11)13-9-10(14)3-4-12(13)16(17)18/h3-4,9,11H,2,5-8H2,1H3. The molecular weight excluding hydrogens is 251 g/mol. The Kier molecular flexibility index (Phi) is 4.31. The molecule has 104 valence electrons. The van der Waals surface area contributed by atoms with Gasteiger partial charge in [0.2, 0.25) is 0 Å². The highest BCUT2D eigenvalue weighted by Gasteiger charge is 2.25. The van der Waals surface area contributed by atoms with Gasteiger partial charge in [0, 0.05) is 31.8 Å². The SMILES string of the molecule is CCOC1CCN(c2cc(F)ccc2[N+](=O)[O-])CC1. The van der Waals surface area contributed by atoms with Crippen LogP contribution in [0.2, 0.25) is 0 Å². The van der Waals surface area contributed by atoms with E-state index in [4.69, 9.17) is 4.74 Å². The number of ether oxygens (including phenoxy) is 1. The van der Waals surface area contributed by atoms with E-state index in [1.165, 1.54) is 12.1 Å². The molecule has 1 aromatic carbocycles. The first kappa shape index (κ1) is 13.7. The molecule has 6 heteroatoms. The molecule has 5 nitrogen and oxygen atoms in total. The van der Waals surface area contributed by atoms with E-state index in [-0.39, 0.29) is 11.8 Å². The molecule has 2 rings (SSSR count). The number of hydrogen-bond acceptors (Lipinski definition) is 4. The molecular formula is C13H17FN2O3. The predicted molar refractivity (Wildman–Crippen MR) is 69.9 cm³/mol. The molecule has 1 fully saturated rings. The monoisotopic (exact) mass is 268 g/mol. The highest BCUT2D eigenvalue weighted by Crippen LogP contribution is 2.31. The van der Waals surface area contributed by atoms with Gasteiger partial charge in [-0.1, -0.05) is 0 Å². The Morgan fingerprint density at radius 1 is 1.47 bits per heavy atom. The topological polar surface area (TPSA) is 55.6 Å². The van der Waals surface area contributed by atoms with Crippen molar-refractivity contribution in [3.63, 3.8) is 0 Å². The molecule has 19 heavy (non-hydrogen) atoms. The van der Waals surface area contributed by atoms with Gasteiger partial charge in [-0.3, -0.25) is 10.1 Å². The van der Waals surface area contributed by atoms with Crippen molar-refractivity contribution in [2.75, 3.05) is 24.6 Å². The summed E-state index contributed by atoms with van der Waals surface area (Å²) in [4.78, 5) is 12.4. The van der Waals surface area contributed by atoms with Gasteiger partial charge in [0.1, 0.15) is 11.5 Å². The summed E-state index contributed by atoms with van der Waals surface area (Å²) in [6.07, 6.45) is 1.82. The molecule has 0 radical (unpaired) electrons. The minimum Gasteiger partial charge on any atom is -0.378 e. The lowest BCUT2D eigenvalue weighted by molar-refractivity contribution is -0.384. The van der Waals surface area contributed by atoms with Crippen molar-refractivity contribution < 1.29 is 14.1 Å². The Morgan fingerprint density at radius 2 is 2.16 bits per heavy atom. The molecule has 1 heterocycles. The number of benzene rings is 1. The first-order chi connectivity index (χ1) is 9.11. The van der Waals surface area contributed by atoms with Crippen LogP contribution in [0.15, 0.2) is 18.2 Å². The third kappa shape index (κ3) is 3.20. The molecule has 1 aliphatic rings. The number of nitro groups is 1. The zero-order chi connectivity index (χ0) is 13.8. The Balaban J connectivity index is 2.14.